The van der Waals surface area contributed by atoms with Gasteiger partial charge in [0.1, 0.15) is 12.1 Å². The molecule has 0 saturated heterocycles. The summed E-state index contributed by atoms with van der Waals surface area (Å²) in [4.78, 5) is 22.9. The van der Waals surface area contributed by atoms with Crippen LogP contribution in [0.5, 0.6) is 11.6 Å². The molecule has 1 N–H and O–H groups in total. The quantitative estimate of drug-likeness (QED) is 0.285. The number of hydrogen-bond donors (Lipinski definition) is 1. The molecule has 4 aromatic rings. The first-order chi connectivity index (χ1) is 13.6. The third-order valence-electron chi connectivity index (χ3n) is 3.92. The van der Waals surface area contributed by atoms with Gasteiger partial charge in [0.05, 0.1) is 10.6 Å². The van der Waals surface area contributed by atoms with E-state index in [1.54, 1.807) is 24.3 Å². The lowest BCUT2D eigenvalue weighted by atomic mass is 10.1. The molecule has 0 spiro atoms. The summed E-state index contributed by atoms with van der Waals surface area (Å²) >= 11 is 6.01. The van der Waals surface area contributed by atoms with Crippen molar-refractivity contribution in [2.75, 3.05) is 5.32 Å². The molecule has 0 saturated carbocycles. The Balaban J connectivity index is 1.72. The zero-order valence-corrected chi connectivity index (χ0v) is 15.0. The van der Waals surface area contributed by atoms with Gasteiger partial charge < -0.3 is 10.1 Å². The molecule has 0 unspecified atom stereocenters. The molecular formula is C19H12ClN5O3. The van der Waals surface area contributed by atoms with Crippen LogP contribution in [-0.4, -0.2) is 19.9 Å². The minimum absolute atomic E-state index is 0.0503. The summed E-state index contributed by atoms with van der Waals surface area (Å²) < 4.78 is 5.71. The number of nitrogens with zero attached hydrogens (tertiary/aromatic N) is 4. The van der Waals surface area contributed by atoms with Crippen LogP contribution in [0.4, 0.5) is 17.2 Å². The fraction of sp³-hybridized carbons (Fsp3) is 0. The number of rotatable bonds is 5. The Hall–Kier alpha value is -3.78. The van der Waals surface area contributed by atoms with Crippen molar-refractivity contribution in [3.63, 3.8) is 0 Å². The summed E-state index contributed by atoms with van der Waals surface area (Å²) in [6, 6.07) is 16.4. The summed E-state index contributed by atoms with van der Waals surface area (Å²) in [5.74, 6) is 0.189. The lowest BCUT2D eigenvalue weighted by Gasteiger charge is -2.10. The van der Waals surface area contributed by atoms with Crippen molar-refractivity contribution < 1.29 is 9.66 Å². The number of nitro groups is 1. The Morgan fingerprint density at radius 3 is 2.61 bits per heavy atom. The highest BCUT2D eigenvalue weighted by molar-refractivity contribution is 6.32. The zero-order valence-electron chi connectivity index (χ0n) is 14.2. The molecule has 0 bridgehead atoms. The minimum Gasteiger partial charge on any atom is -0.434 e. The number of fused-ring (bicyclic) bond motifs is 1. The Labute approximate surface area is 164 Å². The fourth-order valence-electron chi connectivity index (χ4n) is 2.64. The Morgan fingerprint density at radius 1 is 1.00 bits per heavy atom. The molecule has 0 atom stereocenters. The number of benzene rings is 2. The average Bonchev–Trinajstić information content (AvgIpc) is 2.69. The second kappa shape index (κ2) is 7.45. The molecule has 0 radical (unpaired) electrons. The van der Waals surface area contributed by atoms with Crippen LogP contribution >= 0.6 is 11.6 Å². The summed E-state index contributed by atoms with van der Waals surface area (Å²) in [5, 5.41) is 16.6. The molecule has 138 valence electrons. The molecule has 9 heteroatoms. The lowest BCUT2D eigenvalue weighted by molar-refractivity contribution is -0.385. The lowest BCUT2D eigenvalue weighted by Crippen LogP contribution is -2.04. The van der Waals surface area contributed by atoms with Gasteiger partial charge in [0, 0.05) is 6.20 Å². The second-order valence-electron chi connectivity index (χ2n) is 5.71. The van der Waals surface area contributed by atoms with E-state index in [2.05, 4.69) is 20.3 Å². The number of ether oxygens (including phenoxy) is 1. The van der Waals surface area contributed by atoms with E-state index >= 15 is 0 Å². The molecule has 0 aliphatic rings. The topological polar surface area (TPSA) is 103 Å². The van der Waals surface area contributed by atoms with Crippen molar-refractivity contribution in [3.05, 3.63) is 82.4 Å². The highest BCUT2D eigenvalue weighted by Crippen LogP contribution is 2.36. The third kappa shape index (κ3) is 3.53. The SMILES string of the molecule is O=[N+]([O-])c1c(Nc2cccnc2Cl)ncnc1Oc1ccc2ccccc2c1. The van der Waals surface area contributed by atoms with Gasteiger partial charge in [-0.1, -0.05) is 41.9 Å². The van der Waals surface area contributed by atoms with E-state index in [9.17, 15) is 10.1 Å². The standard InChI is InChI=1S/C19H12ClN5O3/c20-17-15(6-3-9-21-17)24-18-16(25(26)27)19(23-11-22-18)28-14-8-7-12-4-1-2-5-13(12)10-14/h1-11H,(H,22,23,24). The van der Waals surface area contributed by atoms with Crippen molar-refractivity contribution in [2.24, 2.45) is 0 Å². The number of anilines is 2. The second-order valence-corrected chi connectivity index (χ2v) is 6.07. The number of pyridine rings is 1. The van der Waals surface area contributed by atoms with Crippen molar-refractivity contribution >= 4 is 39.6 Å². The minimum atomic E-state index is -0.608. The van der Waals surface area contributed by atoms with Gasteiger partial charge >= 0.3 is 11.6 Å². The molecule has 0 aliphatic carbocycles. The first kappa shape index (κ1) is 17.6. The van der Waals surface area contributed by atoms with Gasteiger partial charge in [-0.2, -0.15) is 4.98 Å². The molecule has 28 heavy (non-hydrogen) atoms. The summed E-state index contributed by atoms with van der Waals surface area (Å²) in [7, 11) is 0. The third-order valence-corrected chi connectivity index (χ3v) is 4.22. The van der Waals surface area contributed by atoms with E-state index in [0.717, 1.165) is 10.8 Å². The van der Waals surface area contributed by atoms with Gasteiger partial charge in [0.2, 0.25) is 5.82 Å². The summed E-state index contributed by atoms with van der Waals surface area (Å²) in [5.41, 5.74) is -0.0294. The Morgan fingerprint density at radius 2 is 1.82 bits per heavy atom. The number of hydrogen-bond acceptors (Lipinski definition) is 7. The molecular weight excluding hydrogens is 382 g/mol. The predicted molar refractivity (Wildman–Crippen MR) is 105 cm³/mol. The van der Waals surface area contributed by atoms with Crippen molar-refractivity contribution in [2.45, 2.75) is 0 Å². The molecule has 0 amide bonds. The normalized spacial score (nSPS) is 10.6. The van der Waals surface area contributed by atoms with Crippen molar-refractivity contribution in [1.29, 1.82) is 0 Å². The maximum atomic E-state index is 11.7. The van der Waals surface area contributed by atoms with Crippen LogP contribution in [0.2, 0.25) is 5.15 Å². The molecule has 2 aromatic heterocycles. The first-order valence-corrected chi connectivity index (χ1v) is 8.53. The molecule has 0 aliphatic heterocycles. The Kier molecular flexibility index (Phi) is 4.69. The van der Waals surface area contributed by atoms with E-state index < -0.39 is 10.6 Å². The smallest absolute Gasteiger partial charge is 0.373 e. The predicted octanol–water partition coefficient (Wildman–Crippen LogP) is 5.12. The van der Waals surface area contributed by atoms with Gasteiger partial charge in [0.15, 0.2) is 5.15 Å². The highest BCUT2D eigenvalue weighted by atomic mass is 35.5. The van der Waals surface area contributed by atoms with Gasteiger partial charge in [-0.25, -0.2) is 9.97 Å². The van der Waals surface area contributed by atoms with E-state index in [0.29, 0.717) is 11.4 Å². The van der Waals surface area contributed by atoms with Gasteiger partial charge in [-0.15, -0.1) is 0 Å². The molecule has 2 aromatic carbocycles. The van der Waals surface area contributed by atoms with Crippen LogP contribution in [0.3, 0.4) is 0 Å². The summed E-state index contributed by atoms with van der Waals surface area (Å²) in [6.45, 7) is 0. The van der Waals surface area contributed by atoms with Gasteiger partial charge in [-0.05, 0) is 35.0 Å². The van der Waals surface area contributed by atoms with Crippen LogP contribution in [0.25, 0.3) is 10.8 Å². The van der Waals surface area contributed by atoms with Crippen LogP contribution < -0.4 is 10.1 Å². The monoisotopic (exact) mass is 393 g/mol. The molecule has 0 fully saturated rings. The fourth-order valence-corrected chi connectivity index (χ4v) is 2.81. The van der Waals surface area contributed by atoms with Crippen LogP contribution in [0, 0.1) is 10.1 Å². The molecule has 8 nitrogen and oxygen atoms in total. The molecule has 2 heterocycles. The van der Waals surface area contributed by atoms with E-state index in [4.69, 9.17) is 16.3 Å². The van der Waals surface area contributed by atoms with Crippen LogP contribution in [0.15, 0.2) is 67.1 Å². The average molecular weight is 394 g/mol. The van der Waals surface area contributed by atoms with Crippen molar-refractivity contribution in [3.8, 4) is 11.6 Å². The van der Waals surface area contributed by atoms with Crippen molar-refractivity contribution in [1.82, 2.24) is 15.0 Å². The van der Waals surface area contributed by atoms with Gasteiger partial charge in [0.25, 0.3) is 0 Å². The number of halogens is 1. The summed E-state index contributed by atoms with van der Waals surface area (Å²) in [6.07, 6.45) is 2.69. The largest absolute Gasteiger partial charge is 0.434 e. The first-order valence-electron chi connectivity index (χ1n) is 8.15. The van der Waals surface area contributed by atoms with E-state index in [1.165, 1.54) is 12.5 Å². The highest BCUT2D eigenvalue weighted by Gasteiger charge is 2.25. The number of nitrogens with one attached hydrogen (secondary N) is 1. The maximum absolute atomic E-state index is 11.7. The van der Waals surface area contributed by atoms with Crippen LogP contribution in [-0.2, 0) is 0 Å². The number of aromatic nitrogens is 3. The van der Waals surface area contributed by atoms with Gasteiger partial charge in [-0.3, -0.25) is 10.1 Å². The maximum Gasteiger partial charge on any atom is 0.373 e. The van der Waals surface area contributed by atoms with E-state index in [1.807, 2.05) is 30.3 Å². The Bertz CT molecular complexity index is 1190. The van der Waals surface area contributed by atoms with Crippen LogP contribution in [0.1, 0.15) is 0 Å². The van der Waals surface area contributed by atoms with E-state index in [-0.39, 0.29) is 16.9 Å². The zero-order chi connectivity index (χ0) is 19.5. The molecule has 4 rings (SSSR count).